The van der Waals surface area contributed by atoms with E-state index in [4.69, 9.17) is 4.52 Å². The topological polar surface area (TPSA) is 92.1 Å². The molecule has 0 spiro atoms. The van der Waals surface area contributed by atoms with Gasteiger partial charge in [0.15, 0.2) is 0 Å². The number of carbonyl (C=O) groups excluding carboxylic acids is 1. The predicted octanol–water partition coefficient (Wildman–Crippen LogP) is 2.68. The lowest BCUT2D eigenvalue weighted by Gasteiger charge is -2.37. The van der Waals surface area contributed by atoms with Crippen LogP contribution in [0.5, 0.6) is 0 Å². The van der Waals surface area contributed by atoms with E-state index in [9.17, 15) is 22.8 Å². The largest absolute Gasteiger partial charge is 0.416 e. The van der Waals surface area contributed by atoms with E-state index >= 15 is 0 Å². The van der Waals surface area contributed by atoms with Crippen LogP contribution >= 0.6 is 0 Å². The number of H-pyrrole nitrogens is 1. The lowest BCUT2D eigenvalue weighted by atomic mass is 9.99. The predicted molar refractivity (Wildman–Crippen MR) is 90.4 cm³/mol. The van der Waals surface area contributed by atoms with Gasteiger partial charge in [-0.15, -0.1) is 0 Å². The van der Waals surface area contributed by atoms with Gasteiger partial charge in [-0.3, -0.25) is 9.59 Å². The van der Waals surface area contributed by atoms with Gasteiger partial charge in [-0.25, -0.2) is 0 Å². The second-order valence-electron chi connectivity index (χ2n) is 6.38. The number of carbonyl (C=O) groups is 1. The molecule has 3 aromatic rings. The Morgan fingerprint density at radius 1 is 1.21 bits per heavy atom. The number of benzene rings is 1. The molecule has 144 valence electrons. The molecule has 1 fully saturated rings. The van der Waals surface area contributed by atoms with Gasteiger partial charge in [-0.1, -0.05) is 17.3 Å². The molecule has 1 aromatic carbocycles. The van der Waals surface area contributed by atoms with Gasteiger partial charge in [-0.2, -0.15) is 18.2 Å². The zero-order chi connectivity index (χ0) is 19.9. The van der Waals surface area contributed by atoms with Crippen molar-refractivity contribution in [1.29, 1.82) is 0 Å². The van der Waals surface area contributed by atoms with E-state index in [0.717, 1.165) is 12.1 Å². The van der Waals surface area contributed by atoms with Crippen LogP contribution in [-0.4, -0.2) is 39.0 Å². The van der Waals surface area contributed by atoms with Crippen molar-refractivity contribution in [3.8, 4) is 11.4 Å². The van der Waals surface area contributed by atoms with Crippen molar-refractivity contribution >= 4 is 5.91 Å². The number of likely N-dealkylation sites (tertiary alicyclic amines) is 1. The average molecular weight is 390 g/mol. The van der Waals surface area contributed by atoms with Gasteiger partial charge < -0.3 is 14.4 Å². The van der Waals surface area contributed by atoms with Gasteiger partial charge in [-0.05, 0) is 18.2 Å². The van der Waals surface area contributed by atoms with Crippen molar-refractivity contribution in [3.05, 3.63) is 70.0 Å². The van der Waals surface area contributed by atoms with E-state index in [0.29, 0.717) is 18.7 Å². The molecule has 1 N–H and O–H groups in total. The maximum atomic E-state index is 12.8. The lowest BCUT2D eigenvalue weighted by molar-refractivity contribution is -0.137. The summed E-state index contributed by atoms with van der Waals surface area (Å²) in [7, 11) is 0. The fraction of sp³-hybridized carbons (Fsp3) is 0.222. The standard InChI is InChI=1S/C18H13F3N4O3/c19-18(20,21)13-3-1-2-10(6-13)15-23-16(28-24-15)12-8-25(9-12)17(27)11-4-5-14(26)22-7-11/h1-7,12H,8-9H2,(H,22,26). The van der Waals surface area contributed by atoms with Crippen molar-refractivity contribution in [2.45, 2.75) is 12.1 Å². The number of amides is 1. The van der Waals surface area contributed by atoms with Crippen LogP contribution in [-0.2, 0) is 6.18 Å². The molecule has 1 aliphatic heterocycles. The van der Waals surface area contributed by atoms with Gasteiger partial charge in [0.25, 0.3) is 5.91 Å². The molecule has 1 amide bonds. The molecule has 0 atom stereocenters. The average Bonchev–Trinajstić information content (AvgIpc) is 3.10. The summed E-state index contributed by atoms with van der Waals surface area (Å²) in [6.45, 7) is 0.671. The number of halogens is 3. The van der Waals surface area contributed by atoms with Crippen molar-refractivity contribution in [1.82, 2.24) is 20.0 Å². The van der Waals surface area contributed by atoms with E-state index < -0.39 is 11.7 Å². The molecular formula is C18H13F3N4O3. The fourth-order valence-electron chi connectivity index (χ4n) is 2.88. The van der Waals surface area contributed by atoms with Crippen molar-refractivity contribution < 1.29 is 22.5 Å². The van der Waals surface area contributed by atoms with E-state index in [2.05, 4.69) is 15.1 Å². The van der Waals surface area contributed by atoms with Gasteiger partial charge in [0.2, 0.25) is 17.3 Å². The van der Waals surface area contributed by atoms with Crippen LogP contribution in [0.2, 0.25) is 0 Å². The Hall–Kier alpha value is -3.43. The minimum Gasteiger partial charge on any atom is -0.339 e. The molecule has 0 aliphatic carbocycles. The highest BCUT2D eigenvalue weighted by Crippen LogP contribution is 2.32. The number of hydrogen-bond donors (Lipinski definition) is 1. The molecule has 1 aliphatic rings. The van der Waals surface area contributed by atoms with Crippen molar-refractivity contribution in [2.75, 3.05) is 13.1 Å². The second kappa shape index (κ2) is 6.63. The summed E-state index contributed by atoms with van der Waals surface area (Å²) < 4.78 is 43.7. The van der Waals surface area contributed by atoms with Gasteiger partial charge in [0.05, 0.1) is 17.0 Å². The van der Waals surface area contributed by atoms with Gasteiger partial charge >= 0.3 is 6.18 Å². The molecule has 0 radical (unpaired) electrons. The first-order chi connectivity index (χ1) is 13.3. The number of alkyl halides is 3. The quantitative estimate of drug-likeness (QED) is 0.742. The summed E-state index contributed by atoms with van der Waals surface area (Å²) >= 11 is 0. The SMILES string of the molecule is O=C(c1ccc(=O)[nH]c1)N1CC(c2nc(-c3cccc(C(F)(F)F)c3)no2)C1. The van der Waals surface area contributed by atoms with Crippen molar-refractivity contribution in [2.24, 2.45) is 0 Å². The zero-order valence-corrected chi connectivity index (χ0v) is 14.2. The molecule has 7 nitrogen and oxygen atoms in total. The third-order valence-electron chi connectivity index (χ3n) is 4.44. The molecular weight excluding hydrogens is 377 g/mol. The van der Waals surface area contributed by atoms with E-state index in [1.165, 1.54) is 30.5 Å². The highest BCUT2D eigenvalue weighted by Gasteiger charge is 2.36. The lowest BCUT2D eigenvalue weighted by Crippen LogP contribution is -2.48. The molecule has 3 heterocycles. The molecule has 0 saturated carbocycles. The Balaban J connectivity index is 1.44. The first-order valence-corrected chi connectivity index (χ1v) is 8.30. The normalized spacial score (nSPS) is 14.8. The van der Waals surface area contributed by atoms with E-state index in [-0.39, 0.29) is 34.7 Å². The van der Waals surface area contributed by atoms with Crippen LogP contribution < -0.4 is 5.56 Å². The number of pyridine rings is 1. The fourth-order valence-corrected chi connectivity index (χ4v) is 2.88. The Bertz CT molecular complexity index is 1060. The number of nitrogens with zero attached hydrogens (tertiary/aromatic N) is 3. The maximum absolute atomic E-state index is 12.8. The molecule has 2 aromatic heterocycles. The second-order valence-corrected chi connectivity index (χ2v) is 6.38. The summed E-state index contributed by atoms with van der Waals surface area (Å²) in [4.78, 5) is 31.5. The maximum Gasteiger partial charge on any atom is 0.416 e. The number of hydrogen-bond acceptors (Lipinski definition) is 5. The van der Waals surface area contributed by atoms with Gasteiger partial charge in [0.1, 0.15) is 0 Å². The third-order valence-corrected chi connectivity index (χ3v) is 4.44. The Morgan fingerprint density at radius 2 is 2.00 bits per heavy atom. The van der Waals surface area contributed by atoms with Crippen LogP contribution in [0.1, 0.15) is 27.7 Å². The van der Waals surface area contributed by atoms with Crippen LogP contribution in [0.4, 0.5) is 13.2 Å². The monoisotopic (exact) mass is 390 g/mol. The zero-order valence-electron chi connectivity index (χ0n) is 14.2. The van der Waals surface area contributed by atoms with Crippen LogP contribution in [0, 0.1) is 0 Å². The highest BCUT2D eigenvalue weighted by atomic mass is 19.4. The van der Waals surface area contributed by atoms with Crippen LogP contribution in [0.25, 0.3) is 11.4 Å². The Kier molecular flexibility index (Phi) is 4.25. The summed E-state index contributed by atoms with van der Waals surface area (Å²) in [5, 5.41) is 3.75. The number of aromatic amines is 1. The third kappa shape index (κ3) is 3.40. The van der Waals surface area contributed by atoms with E-state index in [1.807, 2.05) is 0 Å². The van der Waals surface area contributed by atoms with E-state index in [1.54, 1.807) is 4.90 Å². The Morgan fingerprint density at radius 3 is 2.68 bits per heavy atom. The molecule has 1 saturated heterocycles. The molecule has 10 heteroatoms. The first kappa shape index (κ1) is 18.0. The molecule has 4 rings (SSSR count). The number of aromatic nitrogens is 3. The van der Waals surface area contributed by atoms with Crippen molar-refractivity contribution in [3.63, 3.8) is 0 Å². The number of nitrogens with one attached hydrogen (secondary N) is 1. The summed E-state index contributed by atoms with van der Waals surface area (Å²) in [5.74, 6) is -0.117. The molecule has 28 heavy (non-hydrogen) atoms. The first-order valence-electron chi connectivity index (χ1n) is 8.30. The van der Waals surface area contributed by atoms with Crippen LogP contribution in [0.15, 0.2) is 51.9 Å². The summed E-state index contributed by atoms with van der Waals surface area (Å²) in [5.41, 5.74) is -0.540. The smallest absolute Gasteiger partial charge is 0.339 e. The summed E-state index contributed by atoms with van der Waals surface area (Å²) in [6.07, 6.45) is -3.12. The Labute approximate surface area is 155 Å². The van der Waals surface area contributed by atoms with Crippen LogP contribution in [0.3, 0.4) is 0 Å². The highest BCUT2D eigenvalue weighted by molar-refractivity contribution is 5.94. The summed E-state index contributed by atoms with van der Waals surface area (Å²) in [6, 6.07) is 7.38. The molecule has 0 bridgehead atoms. The van der Waals surface area contributed by atoms with Gasteiger partial charge in [0, 0.05) is 30.9 Å². The molecule has 0 unspecified atom stereocenters. The minimum atomic E-state index is -4.46. The number of rotatable bonds is 3. The minimum absolute atomic E-state index is 0.0616.